The smallest absolute Gasteiger partial charge is 0.251 e. The Labute approximate surface area is 151 Å². The summed E-state index contributed by atoms with van der Waals surface area (Å²) in [4.78, 5) is 26.2. The second-order valence-corrected chi connectivity index (χ2v) is 6.68. The first-order valence-corrected chi connectivity index (χ1v) is 9.01. The first-order chi connectivity index (χ1) is 12.7. The molecule has 0 spiro atoms. The maximum absolute atomic E-state index is 12.3. The third-order valence-corrected chi connectivity index (χ3v) is 4.88. The Morgan fingerprint density at radius 1 is 1.27 bits per heavy atom. The van der Waals surface area contributed by atoms with Crippen molar-refractivity contribution in [1.82, 2.24) is 15.1 Å². The van der Waals surface area contributed by atoms with Crippen LogP contribution in [0.3, 0.4) is 0 Å². The summed E-state index contributed by atoms with van der Waals surface area (Å²) < 4.78 is 7.36. The topological polar surface area (TPSA) is 76.5 Å². The number of benzene rings is 1. The number of rotatable bonds is 5. The van der Waals surface area contributed by atoms with Crippen LogP contribution in [-0.4, -0.2) is 40.9 Å². The SMILES string of the molecule is O=C(NC[C@H]1CCCO1)c1ccc(CN2C(=O)CCn3nccc32)cc1. The minimum absolute atomic E-state index is 0.0939. The van der Waals surface area contributed by atoms with Crippen molar-refractivity contribution in [3.63, 3.8) is 0 Å². The van der Waals surface area contributed by atoms with Crippen LogP contribution in [0.25, 0.3) is 0 Å². The molecule has 136 valence electrons. The Morgan fingerprint density at radius 2 is 2.12 bits per heavy atom. The number of nitrogens with zero attached hydrogens (tertiary/aromatic N) is 3. The van der Waals surface area contributed by atoms with Gasteiger partial charge in [0.25, 0.3) is 5.91 Å². The molecule has 7 heteroatoms. The molecule has 4 rings (SSSR count). The summed E-state index contributed by atoms with van der Waals surface area (Å²) in [5.74, 6) is 0.815. The van der Waals surface area contributed by atoms with E-state index in [-0.39, 0.29) is 17.9 Å². The third-order valence-electron chi connectivity index (χ3n) is 4.88. The molecule has 1 atom stereocenters. The van der Waals surface area contributed by atoms with Gasteiger partial charge in [-0.15, -0.1) is 0 Å². The predicted molar refractivity (Wildman–Crippen MR) is 95.8 cm³/mol. The van der Waals surface area contributed by atoms with Gasteiger partial charge in [-0.05, 0) is 30.5 Å². The molecule has 0 unspecified atom stereocenters. The van der Waals surface area contributed by atoms with Crippen molar-refractivity contribution in [2.45, 2.75) is 38.5 Å². The molecule has 1 aromatic heterocycles. The fourth-order valence-electron chi connectivity index (χ4n) is 3.42. The van der Waals surface area contributed by atoms with Crippen LogP contribution >= 0.6 is 0 Å². The quantitative estimate of drug-likeness (QED) is 0.887. The van der Waals surface area contributed by atoms with Crippen LogP contribution < -0.4 is 10.2 Å². The number of hydrogen-bond donors (Lipinski definition) is 1. The molecular formula is C19H22N4O3. The second-order valence-electron chi connectivity index (χ2n) is 6.68. The lowest BCUT2D eigenvalue weighted by Crippen LogP contribution is -2.37. The number of anilines is 1. The highest BCUT2D eigenvalue weighted by atomic mass is 16.5. The highest BCUT2D eigenvalue weighted by Gasteiger charge is 2.24. The van der Waals surface area contributed by atoms with Crippen molar-refractivity contribution >= 4 is 17.6 Å². The third kappa shape index (κ3) is 3.48. The molecule has 0 saturated carbocycles. The van der Waals surface area contributed by atoms with Crippen LogP contribution in [0.2, 0.25) is 0 Å². The van der Waals surface area contributed by atoms with Gasteiger partial charge in [-0.1, -0.05) is 12.1 Å². The van der Waals surface area contributed by atoms with Crippen LogP contribution in [-0.2, 0) is 22.6 Å². The van der Waals surface area contributed by atoms with E-state index in [0.29, 0.717) is 31.6 Å². The van der Waals surface area contributed by atoms with Crippen molar-refractivity contribution in [2.75, 3.05) is 18.1 Å². The second kappa shape index (κ2) is 7.29. The monoisotopic (exact) mass is 354 g/mol. The van der Waals surface area contributed by atoms with E-state index in [1.165, 1.54) is 0 Å². The summed E-state index contributed by atoms with van der Waals surface area (Å²) in [7, 11) is 0. The fourth-order valence-corrected chi connectivity index (χ4v) is 3.42. The van der Waals surface area contributed by atoms with Crippen LogP contribution in [0.1, 0.15) is 35.2 Å². The van der Waals surface area contributed by atoms with Gasteiger partial charge in [0.05, 0.1) is 25.4 Å². The summed E-state index contributed by atoms with van der Waals surface area (Å²) in [5.41, 5.74) is 1.59. The van der Waals surface area contributed by atoms with Gasteiger partial charge in [0.15, 0.2) is 0 Å². The molecule has 0 bridgehead atoms. The highest BCUT2D eigenvalue weighted by Crippen LogP contribution is 2.23. The minimum Gasteiger partial charge on any atom is -0.376 e. The molecule has 2 aliphatic heterocycles. The Morgan fingerprint density at radius 3 is 2.88 bits per heavy atom. The number of nitrogens with one attached hydrogen (secondary N) is 1. The van der Waals surface area contributed by atoms with E-state index < -0.39 is 0 Å². The Balaban J connectivity index is 1.38. The van der Waals surface area contributed by atoms with Crippen molar-refractivity contribution in [2.24, 2.45) is 0 Å². The molecule has 2 aliphatic rings. The van der Waals surface area contributed by atoms with E-state index in [9.17, 15) is 9.59 Å². The number of carbonyl (C=O) groups excluding carboxylic acids is 2. The predicted octanol–water partition coefficient (Wildman–Crippen LogP) is 1.73. The molecule has 2 aromatic rings. The summed E-state index contributed by atoms with van der Waals surface area (Å²) in [6.07, 6.45) is 4.36. The molecule has 3 heterocycles. The zero-order chi connectivity index (χ0) is 17.9. The van der Waals surface area contributed by atoms with E-state index in [0.717, 1.165) is 30.8 Å². The van der Waals surface area contributed by atoms with E-state index in [1.807, 2.05) is 22.9 Å². The summed E-state index contributed by atoms with van der Waals surface area (Å²) in [6.45, 7) is 2.43. The number of fused-ring (bicyclic) bond motifs is 1. The number of amides is 2. The fraction of sp³-hybridized carbons (Fsp3) is 0.421. The number of hydrogen-bond acceptors (Lipinski definition) is 4. The number of aryl methyl sites for hydroxylation is 1. The molecular weight excluding hydrogens is 332 g/mol. The van der Waals surface area contributed by atoms with Crippen LogP contribution in [0, 0.1) is 0 Å². The zero-order valence-corrected chi connectivity index (χ0v) is 14.6. The lowest BCUT2D eigenvalue weighted by atomic mass is 10.1. The normalized spacial score (nSPS) is 19.5. The van der Waals surface area contributed by atoms with Gasteiger partial charge in [0, 0.05) is 31.2 Å². The maximum atomic E-state index is 12.3. The Kier molecular flexibility index (Phi) is 4.71. The number of ether oxygens (including phenoxy) is 1. The number of carbonyl (C=O) groups is 2. The van der Waals surface area contributed by atoms with Gasteiger partial charge < -0.3 is 10.1 Å². The number of aromatic nitrogens is 2. The first kappa shape index (κ1) is 16.8. The molecule has 2 amide bonds. The Bertz CT molecular complexity index is 793. The van der Waals surface area contributed by atoms with Crippen molar-refractivity contribution in [3.8, 4) is 0 Å². The van der Waals surface area contributed by atoms with Crippen LogP contribution in [0.15, 0.2) is 36.5 Å². The van der Waals surface area contributed by atoms with Crippen molar-refractivity contribution in [1.29, 1.82) is 0 Å². The summed E-state index contributed by atoms with van der Waals surface area (Å²) >= 11 is 0. The van der Waals surface area contributed by atoms with Gasteiger partial charge in [0.2, 0.25) is 5.91 Å². The van der Waals surface area contributed by atoms with E-state index >= 15 is 0 Å². The largest absolute Gasteiger partial charge is 0.376 e. The molecule has 1 saturated heterocycles. The molecule has 7 nitrogen and oxygen atoms in total. The van der Waals surface area contributed by atoms with Crippen molar-refractivity contribution in [3.05, 3.63) is 47.7 Å². The molecule has 0 radical (unpaired) electrons. The van der Waals surface area contributed by atoms with Crippen LogP contribution in [0.4, 0.5) is 5.82 Å². The van der Waals surface area contributed by atoms with Gasteiger partial charge in [-0.2, -0.15) is 5.10 Å². The van der Waals surface area contributed by atoms with E-state index in [1.54, 1.807) is 23.2 Å². The molecule has 1 aromatic carbocycles. The first-order valence-electron chi connectivity index (χ1n) is 9.01. The molecule has 1 fully saturated rings. The lowest BCUT2D eigenvalue weighted by Gasteiger charge is -2.27. The van der Waals surface area contributed by atoms with Gasteiger partial charge in [-0.3, -0.25) is 14.5 Å². The van der Waals surface area contributed by atoms with Gasteiger partial charge >= 0.3 is 0 Å². The standard InChI is InChI=1S/C19H22N4O3/c24-18-8-10-23-17(7-9-21-23)22(18)13-14-3-5-15(6-4-14)19(25)20-12-16-2-1-11-26-16/h3-7,9,16H,1-2,8,10-13H2,(H,20,25)/t16-/m1/s1. The average molecular weight is 354 g/mol. The average Bonchev–Trinajstić information content (AvgIpc) is 3.34. The lowest BCUT2D eigenvalue weighted by molar-refractivity contribution is -0.119. The highest BCUT2D eigenvalue weighted by molar-refractivity contribution is 5.95. The van der Waals surface area contributed by atoms with Gasteiger partial charge in [-0.25, -0.2) is 4.68 Å². The van der Waals surface area contributed by atoms with Crippen molar-refractivity contribution < 1.29 is 14.3 Å². The Hall–Kier alpha value is -2.67. The summed E-state index contributed by atoms with van der Waals surface area (Å²) in [6, 6.07) is 9.23. The van der Waals surface area contributed by atoms with Gasteiger partial charge in [0.1, 0.15) is 5.82 Å². The zero-order valence-electron chi connectivity index (χ0n) is 14.6. The molecule has 0 aliphatic carbocycles. The minimum atomic E-state index is -0.0980. The van der Waals surface area contributed by atoms with E-state index in [2.05, 4.69) is 10.4 Å². The van der Waals surface area contributed by atoms with E-state index in [4.69, 9.17) is 4.74 Å². The molecule has 1 N–H and O–H groups in total. The maximum Gasteiger partial charge on any atom is 0.251 e. The van der Waals surface area contributed by atoms with Crippen LogP contribution in [0.5, 0.6) is 0 Å². The summed E-state index contributed by atoms with van der Waals surface area (Å²) in [5, 5.41) is 7.15. The molecule has 26 heavy (non-hydrogen) atoms.